The van der Waals surface area contributed by atoms with Gasteiger partial charge in [-0.25, -0.2) is 4.39 Å². The second kappa shape index (κ2) is 3.00. The van der Waals surface area contributed by atoms with Gasteiger partial charge in [-0.1, -0.05) is 19.1 Å². The smallest absolute Gasteiger partial charge is 0.165 e. The standard InChI is InChI=1S/C10H11FO2/c1-2-8-9(12)6-4-3-5-7(11)10(6)13-8/h3-5,8-9,12H,2H2,1H3. The van der Waals surface area contributed by atoms with Gasteiger partial charge in [0.2, 0.25) is 0 Å². The fraction of sp³-hybridized carbons (Fsp3) is 0.400. The second-order valence-electron chi connectivity index (χ2n) is 3.17. The van der Waals surface area contributed by atoms with Gasteiger partial charge in [-0.2, -0.15) is 0 Å². The zero-order chi connectivity index (χ0) is 9.42. The molecule has 0 fully saturated rings. The minimum absolute atomic E-state index is 0.210. The van der Waals surface area contributed by atoms with E-state index in [0.717, 1.165) is 0 Å². The summed E-state index contributed by atoms with van der Waals surface area (Å²) in [7, 11) is 0. The molecule has 0 aliphatic carbocycles. The van der Waals surface area contributed by atoms with E-state index in [4.69, 9.17) is 4.74 Å². The van der Waals surface area contributed by atoms with Crippen LogP contribution in [0.5, 0.6) is 5.75 Å². The molecule has 70 valence electrons. The van der Waals surface area contributed by atoms with Crippen molar-refractivity contribution >= 4 is 0 Å². The average Bonchev–Trinajstić information content (AvgIpc) is 2.45. The Hall–Kier alpha value is -1.09. The molecule has 1 aromatic carbocycles. The molecule has 0 saturated heterocycles. The van der Waals surface area contributed by atoms with Crippen LogP contribution < -0.4 is 4.74 Å². The van der Waals surface area contributed by atoms with Crippen LogP contribution in [-0.4, -0.2) is 11.2 Å². The fourth-order valence-electron chi connectivity index (χ4n) is 1.61. The van der Waals surface area contributed by atoms with Crippen molar-refractivity contribution < 1.29 is 14.2 Å². The largest absolute Gasteiger partial charge is 0.484 e. The van der Waals surface area contributed by atoms with Gasteiger partial charge in [0.25, 0.3) is 0 Å². The van der Waals surface area contributed by atoms with Crippen molar-refractivity contribution in [2.75, 3.05) is 0 Å². The van der Waals surface area contributed by atoms with Crippen LogP contribution in [0.1, 0.15) is 25.0 Å². The summed E-state index contributed by atoms with van der Waals surface area (Å²) in [5.41, 5.74) is 0.562. The van der Waals surface area contributed by atoms with Gasteiger partial charge >= 0.3 is 0 Å². The molecule has 1 N–H and O–H groups in total. The highest BCUT2D eigenvalue weighted by Gasteiger charge is 2.33. The minimum Gasteiger partial charge on any atom is -0.484 e. The number of aliphatic hydroxyl groups is 1. The van der Waals surface area contributed by atoms with Crippen LogP contribution in [0.15, 0.2) is 18.2 Å². The van der Waals surface area contributed by atoms with Crippen molar-refractivity contribution in [1.82, 2.24) is 0 Å². The van der Waals surface area contributed by atoms with Crippen LogP contribution in [0, 0.1) is 5.82 Å². The van der Waals surface area contributed by atoms with E-state index in [1.54, 1.807) is 12.1 Å². The van der Waals surface area contributed by atoms with Crippen LogP contribution in [0.25, 0.3) is 0 Å². The number of hydrogen-bond acceptors (Lipinski definition) is 2. The van der Waals surface area contributed by atoms with Gasteiger partial charge in [-0.05, 0) is 12.5 Å². The van der Waals surface area contributed by atoms with Crippen molar-refractivity contribution in [3.8, 4) is 5.75 Å². The van der Waals surface area contributed by atoms with Crippen molar-refractivity contribution in [2.45, 2.75) is 25.6 Å². The Balaban J connectivity index is 2.43. The number of ether oxygens (including phenoxy) is 1. The summed E-state index contributed by atoms with van der Waals surface area (Å²) >= 11 is 0. The summed E-state index contributed by atoms with van der Waals surface area (Å²) in [4.78, 5) is 0. The molecule has 0 spiro atoms. The van der Waals surface area contributed by atoms with E-state index in [2.05, 4.69) is 0 Å². The van der Waals surface area contributed by atoms with Gasteiger partial charge in [0.15, 0.2) is 11.6 Å². The van der Waals surface area contributed by atoms with Gasteiger partial charge in [0, 0.05) is 5.56 Å². The lowest BCUT2D eigenvalue weighted by Crippen LogP contribution is -2.16. The number of aliphatic hydroxyl groups excluding tert-OH is 1. The number of rotatable bonds is 1. The van der Waals surface area contributed by atoms with Crippen LogP contribution in [0.4, 0.5) is 4.39 Å². The Morgan fingerprint density at radius 2 is 2.31 bits per heavy atom. The Bertz CT molecular complexity index is 325. The number of hydrogen-bond donors (Lipinski definition) is 1. The van der Waals surface area contributed by atoms with Crippen molar-refractivity contribution in [1.29, 1.82) is 0 Å². The lowest BCUT2D eigenvalue weighted by molar-refractivity contribution is 0.0640. The number of halogens is 1. The molecule has 13 heavy (non-hydrogen) atoms. The maximum atomic E-state index is 13.1. The first kappa shape index (κ1) is 8.51. The fourth-order valence-corrected chi connectivity index (χ4v) is 1.61. The van der Waals surface area contributed by atoms with E-state index < -0.39 is 11.9 Å². The molecular weight excluding hydrogens is 171 g/mol. The van der Waals surface area contributed by atoms with Gasteiger partial charge in [0.1, 0.15) is 12.2 Å². The maximum absolute atomic E-state index is 13.1. The first-order chi connectivity index (χ1) is 6.24. The monoisotopic (exact) mass is 182 g/mol. The molecule has 0 aromatic heterocycles. The quantitative estimate of drug-likeness (QED) is 0.720. The van der Waals surface area contributed by atoms with E-state index in [9.17, 15) is 9.50 Å². The Kier molecular flexibility index (Phi) is 1.96. The highest BCUT2D eigenvalue weighted by molar-refractivity contribution is 5.40. The predicted molar refractivity (Wildman–Crippen MR) is 46.1 cm³/mol. The zero-order valence-electron chi connectivity index (χ0n) is 7.33. The summed E-state index contributed by atoms with van der Waals surface area (Å²) in [5.74, 6) is -0.186. The second-order valence-corrected chi connectivity index (χ2v) is 3.17. The number of fused-ring (bicyclic) bond motifs is 1. The summed E-state index contributed by atoms with van der Waals surface area (Å²) < 4.78 is 18.4. The lowest BCUT2D eigenvalue weighted by Gasteiger charge is -2.10. The van der Waals surface area contributed by atoms with Crippen molar-refractivity contribution in [3.63, 3.8) is 0 Å². The van der Waals surface area contributed by atoms with Gasteiger partial charge < -0.3 is 9.84 Å². The van der Waals surface area contributed by atoms with Crippen molar-refractivity contribution in [2.24, 2.45) is 0 Å². The molecule has 3 heteroatoms. The van der Waals surface area contributed by atoms with Gasteiger partial charge in [0.05, 0.1) is 0 Å². The van der Waals surface area contributed by atoms with Crippen LogP contribution in [-0.2, 0) is 0 Å². The molecule has 1 aromatic rings. The summed E-state index contributed by atoms with van der Waals surface area (Å²) in [6.07, 6.45) is -0.308. The molecule has 2 unspecified atom stereocenters. The summed E-state index contributed by atoms with van der Waals surface area (Å²) in [5, 5.41) is 9.67. The minimum atomic E-state index is -0.685. The summed E-state index contributed by atoms with van der Waals surface area (Å²) in [6.45, 7) is 1.90. The Labute approximate surface area is 76.0 Å². The van der Waals surface area contributed by atoms with E-state index in [1.165, 1.54) is 6.07 Å². The average molecular weight is 182 g/mol. The van der Waals surface area contributed by atoms with Crippen molar-refractivity contribution in [3.05, 3.63) is 29.6 Å². The highest BCUT2D eigenvalue weighted by Crippen LogP contribution is 2.39. The lowest BCUT2D eigenvalue weighted by atomic mass is 10.1. The van der Waals surface area contributed by atoms with Crippen LogP contribution in [0.3, 0.4) is 0 Å². The summed E-state index contributed by atoms with van der Waals surface area (Å²) in [6, 6.07) is 4.61. The Morgan fingerprint density at radius 3 is 2.92 bits per heavy atom. The molecule has 1 aliphatic rings. The molecule has 2 rings (SSSR count). The molecule has 1 aliphatic heterocycles. The molecular formula is C10H11FO2. The van der Waals surface area contributed by atoms with Crippen LogP contribution >= 0.6 is 0 Å². The zero-order valence-corrected chi connectivity index (χ0v) is 7.33. The third-order valence-corrected chi connectivity index (χ3v) is 2.34. The molecule has 2 atom stereocenters. The normalized spacial score (nSPS) is 25.5. The molecule has 2 nitrogen and oxygen atoms in total. The number of benzene rings is 1. The highest BCUT2D eigenvalue weighted by atomic mass is 19.1. The molecule has 0 bridgehead atoms. The topological polar surface area (TPSA) is 29.5 Å². The predicted octanol–water partition coefficient (Wildman–Crippen LogP) is 2.03. The van der Waals surface area contributed by atoms with E-state index in [1.807, 2.05) is 6.92 Å². The first-order valence-corrected chi connectivity index (χ1v) is 4.37. The SMILES string of the molecule is CCC1Oc2c(F)cccc2C1O. The Morgan fingerprint density at radius 1 is 1.54 bits per heavy atom. The first-order valence-electron chi connectivity index (χ1n) is 4.37. The van der Waals surface area contributed by atoms with E-state index >= 15 is 0 Å². The maximum Gasteiger partial charge on any atom is 0.165 e. The number of para-hydroxylation sites is 1. The molecule has 0 saturated carbocycles. The molecule has 1 heterocycles. The van der Waals surface area contributed by atoms with E-state index in [-0.39, 0.29) is 11.9 Å². The van der Waals surface area contributed by atoms with Crippen LogP contribution in [0.2, 0.25) is 0 Å². The third-order valence-electron chi connectivity index (χ3n) is 2.34. The third kappa shape index (κ3) is 1.20. The molecule has 0 amide bonds. The van der Waals surface area contributed by atoms with E-state index in [0.29, 0.717) is 12.0 Å². The van der Waals surface area contributed by atoms with Gasteiger partial charge in [-0.3, -0.25) is 0 Å². The van der Waals surface area contributed by atoms with Gasteiger partial charge in [-0.15, -0.1) is 0 Å². The molecule has 0 radical (unpaired) electrons.